The first-order valence-electron chi connectivity index (χ1n) is 9.89. The summed E-state index contributed by atoms with van der Waals surface area (Å²) in [4.78, 5) is 4.44. The van der Waals surface area contributed by atoms with Crippen molar-refractivity contribution in [2.24, 2.45) is 7.05 Å². The van der Waals surface area contributed by atoms with E-state index in [4.69, 9.17) is 9.90 Å². The van der Waals surface area contributed by atoms with E-state index >= 15 is 0 Å². The van der Waals surface area contributed by atoms with Gasteiger partial charge in [-0.3, -0.25) is 4.98 Å². The topological polar surface area (TPSA) is 29.9 Å². The zero-order valence-electron chi connectivity index (χ0n) is 17.9. The molecule has 0 saturated heterocycles. The summed E-state index contributed by atoms with van der Waals surface area (Å²) in [5.41, 5.74) is 4.86. The predicted molar refractivity (Wildman–Crippen MR) is 97.0 cm³/mol. The number of hydrogen-bond acceptors (Lipinski definition) is 2. The Morgan fingerprint density at radius 3 is 2.88 bits per heavy atom. The van der Waals surface area contributed by atoms with E-state index in [1.54, 1.807) is 12.3 Å². The molecular formula is C21H21N2O+. The lowest BCUT2D eigenvalue weighted by molar-refractivity contribution is -0.660. The third-order valence-corrected chi connectivity index (χ3v) is 4.44. The smallest absolute Gasteiger partial charge is 0.216 e. The fourth-order valence-corrected chi connectivity index (χ4v) is 3.22. The van der Waals surface area contributed by atoms with Crippen LogP contribution in [0.4, 0.5) is 0 Å². The van der Waals surface area contributed by atoms with Gasteiger partial charge in [-0.15, -0.1) is 0 Å². The van der Waals surface area contributed by atoms with Gasteiger partial charge in [0.1, 0.15) is 12.6 Å². The Kier molecular flexibility index (Phi) is 2.49. The number of hydrogen-bond donors (Lipinski definition) is 0. The molecule has 3 aromatic heterocycles. The van der Waals surface area contributed by atoms with Gasteiger partial charge in [-0.2, -0.15) is 0 Å². The molecule has 120 valence electrons. The Labute approximate surface area is 147 Å². The molecule has 0 N–H and O–H groups in total. The van der Waals surface area contributed by atoms with Crippen LogP contribution in [0.15, 0.2) is 53.2 Å². The SMILES string of the molecule is [2H]C([2H])([2H])C([2H])(C)c1ccnc2c1oc1c(-c3cccc[n+]3C)c(C)ccc12. The molecule has 3 heteroatoms. The van der Waals surface area contributed by atoms with Crippen LogP contribution in [0, 0.1) is 6.92 Å². The summed E-state index contributed by atoms with van der Waals surface area (Å²) < 4.78 is 40.2. The number of rotatable bonds is 2. The van der Waals surface area contributed by atoms with Crippen LogP contribution in [0.3, 0.4) is 0 Å². The number of benzene rings is 1. The maximum Gasteiger partial charge on any atom is 0.216 e. The minimum Gasteiger partial charge on any atom is -0.453 e. The Hall–Kier alpha value is -2.68. The first-order valence-corrected chi connectivity index (χ1v) is 7.89. The first-order chi connectivity index (χ1) is 13.1. The van der Waals surface area contributed by atoms with Crippen molar-refractivity contribution in [3.8, 4) is 11.3 Å². The molecule has 3 heterocycles. The van der Waals surface area contributed by atoms with Gasteiger partial charge in [0.2, 0.25) is 5.69 Å². The highest BCUT2D eigenvalue weighted by Crippen LogP contribution is 2.38. The van der Waals surface area contributed by atoms with Crippen molar-refractivity contribution >= 4 is 22.1 Å². The third kappa shape index (κ3) is 2.12. The zero-order valence-corrected chi connectivity index (χ0v) is 13.9. The van der Waals surface area contributed by atoms with E-state index in [-0.39, 0.29) is 0 Å². The lowest BCUT2D eigenvalue weighted by Gasteiger charge is -2.05. The number of aryl methyl sites for hydroxylation is 2. The summed E-state index contributed by atoms with van der Waals surface area (Å²) in [5.74, 6) is -1.81. The van der Waals surface area contributed by atoms with Gasteiger partial charge in [0, 0.05) is 34.8 Å². The molecule has 0 radical (unpaired) electrons. The summed E-state index contributed by atoms with van der Waals surface area (Å²) in [6.45, 7) is 0.913. The average molecular weight is 321 g/mol. The van der Waals surface area contributed by atoms with Crippen LogP contribution in [-0.2, 0) is 7.05 Å². The van der Waals surface area contributed by atoms with E-state index in [2.05, 4.69) is 4.98 Å². The molecule has 3 nitrogen and oxygen atoms in total. The molecule has 0 aliphatic heterocycles. The number of pyridine rings is 2. The van der Waals surface area contributed by atoms with Gasteiger partial charge in [0.05, 0.1) is 5.56 Å². The Morgan fingerprint density at radius 2 is 2.08 bits per heavy atom. The van der Waals surface area contributed by atoms with Crippen LogP contribution in [0.25, 0.3) is 33.3 Å². The van der Waals surface area contributed by atoms with Crippen LogP contribution >= 0.6 is 0 Å². The van der Waals surface area contributed by atoms with Crippen molar-refractivity contribution in [2.45, 2.75) is 26.6 Å². The van der Waals surface area contributed by atoms with E-state index in [1.165, 1.54) is 6.92 Å². The summed E-state index contributed by atoms with van der Waals surface area (Å²) >= 11 is 0. The van der Waals surface area contributed by atoms with Crippen LogP contribution < -0.4 is 4.57 Å². The minimum atomic E-state index is -2.50. The van der Waals surface area contributed by atoms with E-state index in [0.29, 0.717) is 22.2 Å². The van der Waals surface area contributed by atoms with E-state index in [1.807, 2.05) is 55.1 Å². The predicted octanol–water partition coefficient (Wildman–Crippen LogP) is 4.90. The first kappa shape index (κ1) is 11.0. The Bertz CT molecular complexity index is 1210. The number of furan rings is 1. The number of fused-ring (bicyclic) bond motifs is 3. The fraction of sp³-hybridized carbons (Fsp3) is 0.238. The van der Waals surface area contributed by atoms with Crippen molar-refractivity contribution < 1.29 is 14.5 Å². The highest BCUT2D eigenvalue weighted by Gasteiger charge is 2.21. The summed E-state index contributed by atoms with van der Waals surface area (Å²) in [7, 11) is 1.97. The largest absolute Gasteiger partial charge is 0.453 e. The molecule has 4 aromatic rings. The molecule has 1 aromatic carbocycles. The second-order valence-electron chi connectivity index (χ2n) is 6.09. The highest BCUT2D eigenvalue weighted by molar-refractivity contribution is 6.08. The molecular weight excluding hydrogens is 296 g/mol. The standard InChI is InChI=1S/C21H21N2O/c1-13(2)15-10-11-22-19-16-9-8-14(3)18(20(16)24-21(15)19)17-7-5-6-12-23(17)4/h5-13H,1-4H3/q+1/i1D3,13D. The fourth-order valence-electron chi connectivity index (χ4n) is 3.22. The number of aromatic nitrogens is 2. The lowest BCUT2D eigenvalue weighted by Crippen LogP contribution is -2.30. The second-order valence-corrected chi connectivity index (χ2v) is 6.09. The third-order valence-electron chi connectivity index (χ3n) is 4.44. The summed E-state index contributed by atoms with van der Waals surface area (Å²) in [6.07, 6.45) is 3.52. The van der Waals surface area contributed by atoms with Gasteiger partial charge in [0.25, 0.3) is 0 Å². The maximum absolute atomic E-state index is 8.51. The van der Waals surface area contributed by atoms with Crippen LogP contribution in [0.5, 0.6) is 0 Å². The molecule has 0 aliphatic carbocycles. The zero-order chi connectivity index (χ0) is 20.3. The van der Waals surface area contributed by atoms with Gasteiger partial charge >= 0.3 is 0 Å². The molecule has 24 heavy (non-hydrogen) atoms. The maximum atomic E-state index is 8.51. The molecule has 0 spiro atoms. The van der Waals surface area contributed by atoms with Crippen molar-refractivity contribution in [3.05, 3.63) is 59.9 Å². The van der Waals surface area contributed by atoms with Crippen LogP contribution in [0.2, 0.25) is 0 Å². The monoisotopic (exact) mass is 321 g/mol. The lowest BCUT2D eigenvalue weighted by atomic mass is 10.0. The molecule has 0 amide bonds. The number of nitrogens with zero attached hydrogens (tertiary/aromatic N) is 2. The highest BCUT2D eigenvalue weighted by atomic mass is 16.3. The van der Waals surface area contributed by atoms with E-state index in [0.717, 1.165) is 22.2 Å². The molecule has 0 saturated carbocycles. The molecule has 4 rings (SSSR count). The van der Waals surface area contributed by atoms with Gasteiger partial charge < -0.3 is 4.42 Å². The van der Waals surface area contributed by atoms with Crippen molar-refractivity contribution in [1.82, 2.24) is 4.98 Å². The molecule has 0 aliphatic rings. The average Bonchev–Trinajstić information content (AvgIpc) is 3.00. The minimum absolute atomic E-state index is 0.315. The Morgan fingerprint density at radius 1 is 1.21 bits per heavy atom. The van der Waals surface area contributed by atoms with Crippen LogP contribution in [-0.4, -0.2) is 4.98 Å². The van der Waals surface area contributed by atoms with Crippen molar-refractivity contribution in [1.29, 1.82) is 0 Å². The van der Waals surface area contributed by atoms with Crippen molar-refractivity contribution in [3.63, 3.8) is 0 Å². The molecule has 0 fully saturated rings. The van der Waals surface area contributed by atoms with E-state index < -0.39 is 12.7 Å². The van der Waals surface area contributed by atoms with Gasteiger partial charge in [-0.1, -0.05) is 19.8 Å². The molecule has 1 unspecified atom stereocenters. The van der Waals surface area contributed by atoms with Gasteiger partial charge in [-0.25, -0.2) is 4.57 Å². The second kappa shape index (κ2) is 5.45. The quantitative estimate of drug-likeness (QED) is 0.491. The normalized spacial score (nSPS) is 17.1. The summed E-state index contributed by atoms with van der Waals surface area (Å²) in [6, 6.07) is 11.5. The summed E-state index contributed by atoms with van der Waals surface area (Å²) in [5, 5.41) is 0.808. The van der Waals surface area contributed by atoms with Gasteiger partial charge in [0.15, 0.2) is 17.4 Å². The molecule has 1 atom stereocenters. The van der Waals surface area contributed by atoms with Crippen LogP contribution in [0.1, 0.15) is 36.3 Å². The molecule has 0 bridgehead atoms. The van der Waals surface area contributed by atoms with Gasteiger partial charge in [-0.05, 0) is 36.6 Å². The van der Waals surface area contributed by atoms with Crippen molar-refractivity contribution in [2.75, 3.05) is 0 Å². The van der Waals surface area contributed by atoms with E-state index in [9.17, 15) is 0 Å². The Balaban J connectivity index is 2.11.